The summed E-state index contributed by atoms with van der Waals surface area (Å²) in [6, 6.07) is 6.81. The van der Waals surface area contributed by atoms with E-state index in [1.807, 2.05) is 6.20 Å². The first kappa shape index (κ1) is 24.4. The van der Waals surface area contributed by atoms with Gasteiger partial charge in [0.05, 0.1) is 17.8 Å². The molecule has 0 amide bonds. The minimum absolute atomic E-state index is 0.0138. The molecule has 0 unspecified atom stereocenters. The molecule has 9 heteroatoms. The summed E-state index contributed by atoms with van der Waals surface area (Å²) in [5.74, 6) is -0.144. The Bertz CT molecular complexity index is 1350. The predicted molar refractivity (Wildman–Crippen MR) is 137 cm³/mol. The minimum Gasteiger partial charge on any atom is -0.361 e. The fourth-order valence-electron chi connectivity index (χ4n) is 5.61. The highest BCUT2D eigenvalue weighted by atomic mass is 19.1. The molecule has 0 bridgehead atoms. The average molecular weight is 492 g/mol. The number of nitriles is 1. The molecule has 0 aromatic carbocycles. The van der Waals surface area contributed by atoms with Crippen LogP contribution in [-0.2, 0) is 13.6 Å². The Kier molecular flexibility index (Phi) is 6.56. The van der Waals surface area contributed by atoms with Gasteiger partial charge in [0.1, 0.15) is 17.7 Å². The molecule has 1 saturated heterocycles. The van der Waals surface area contributed by atoms with E-state index in [2.05, 4.69) is 53.9 Å². The number of halogens is 1. The molecule has 3 atom stereocenters. The minimum atomic E-state index is -0.776. The molecule has 3 aromatic heterocycles. The zero-order valence-electron chi connectivity index (χ0n) is 21.5. The van der Waals surface area contributed by atoms with Gasteiger partial charge in [0, 0.05) is 56.1 Å². The number of hydrogen-bond donors (Lipinski definition) is 0. The number of nitrogens with zero attached hydrogens (tertiary/aromatic N) is 7. The van der Waals surface area contributed by atoms with E-state index in [-0.39, 0.29) is 30.4 Å². The number of hydrogen-bond acceptors (Lipinski definition) is 6. The van der Waals surface area contributed by atoms with Crippen LogP contribution < -0.4 is 10.5 Å². The third-order valence-corrected chi connectivity index (χ3v) is 8.01. The molecule has 190 valence electrons. The van der Waals surface area contributed by atoms with Crippen LogP contribution in [0.4, 0.5) is 10.1 Å². The fourth-order valence-corrected chi connectivity index (χ4v) is 5.61. The number of aromatic nitrogens is 4. The Morgan fingerprint density at radius 2 is 1.94 bits per heavy atom. The summed E-state index contributed by atoms with van der Waals surface area (Å²) in [4.78, 5) is 22.1. The highest BCUT2D eigenvalue weighted by molar-refractivity contribution is 5.88. The number of piperazine rings is 1. The van der Waals surface area contributed by atoms with Crippen LogP contribution in [0.1, 0.15) is 69.7 Å². The maximum Gasteiger partial charge on any atom is 0.289 e. The topological polar surface area (TPSA) is 83.0 Å². The normalized spacial score (nSPS) is 21.6. The lowest BCUT2D eigenvalue weighted by atomic mass is 9.97. The zero-order chi connectivity index (χ0) is 25.6. The first-order valence-corrected chi connectivity index (χ1v) is 13.0. The Hall–Kier alpha value is -3.25. The van der Waals surface area contributed by atoms with Crippen molar-refractivity contribution in [1.82, 2.24) is 24.2 Å². The summed E-state index contributed by atoms with van der Waals surface area (Å²) < 4.78 is 18.4. The summed E-state index contributed by atoms with van der Waals surface area (Å²) in [7, 11) is 1.55. The van der Waals surface area contributed by atoms with Crippen molar-refractivity contribution in [2.45, 2.75) is 77.0 Å². The Morgan fingerprint density at radius 1 is 1.19 bits per heavy atom. The van der Waals surface area contributed by atoms with Crippen molar-refractivity contribution in [3.8, 4) is 6.07 Å². The number of fused-ring (bicyclic) bond motifs is 1. The molecule has 0 N–H and O–H groups in total. The van der Waals surface area contributed by atoms with E-state index in [4.69, 9.17) is 10.2 Å². The maximum absolute atomic E-state index is 15.6. The third kappa shape index (κ3) is 4.17. The zero-order valence-corrected chi connectivity index (χ0v) is 21.5. The second kappa shape index (κ2) is 9.66. The van der Waals surface area contributed by atoms with E-state index < -0.39 is 11.4 Å². The highest BCUT2D eigenvalue weighted by Crippen LogP contribution is 2.40. The second-order valence-electron chi connectivity index (χ2n) is 10.2. The molecular formula is C27H34FN7O. The summed E-state index contributed by atoms with van der Waals surface area (Å²) >= 11 is 0. The lowest BCUT2D eigenvalue weighted by Crippen LogP contribution is -2.59. The van der Waals surface area contributed by atoms with Gasteiger partial charge < -0.3 is 9.47 Å². The van der Waals surface area contributed by atoms with Crippen molar-refractivity contribution in [2.24, 2.45) is 7.05 Å². The first-order chi connectivity index (χ1) is 17.4. The van der Waals surface area contributed by atoms with Crippen LogP contribution >= 0.6 is 0 Å². The van der Waals surface area contributed by atoms with E-state index in [0.717, 1.165) is 19.4 Å². The molecule has 1 aliphatic carbocycles. The van der Waals surface area contributed by atoms with Gasteiger partial charge in [0.25, 0.3) is 5.56 Å². The first-order valence-electron chi connectivity index (χ1n) is 13.0. The standard InChI is InChI=1S/C27H34FN7O/c1-5-20-15-35(26-24(28)27(36)32(4)23-16-33(12-11-29)31-25(23)26)21(6-2)14-34(20)17(3)19-9-10-22(30-13-19)18-7-8-18/h9-10,13,16-18,20-21H,5-8,12,14-15H2,1-4H3/t17-,20+,21-/m0/s1. The van der Waals surface area contributed by atoms with Crippen molar-refractivity contribution in [3.63, 3.8) is 0 Å². The Balaban J connectivity index is 1.50. The van der Waals surface area contributed by atoms with Gasteiger partial charge in [-0.15, -0.1) is 0 Å². The Morgan fingerprint density at radius 3 is 2.56 bits per heavy atom. The molecule has 1 aliphatic heterocycles. The lowest BCUT2D eigenvalue weighted by Gasteiger charge is -2.49. The van der Waals surface area contributed by atoms with Crippen LogP contribution in [-0.4, -0.2) is 49.4 Å². The van der Waals surface area contributed by atoms with E-state index >= 15 is 4.39 Å². The van der Waals surface area contributed by atoms with E-state index in [9.17, 15) is 4.79 Å². The third-order valence-electron chi connectivity index (χ3n) is 8.01. The Labute approximate surface area is 210 Å². The average Bonchev–Trinajstić information content (AvgIpc) is 3.67. The molecule has 3 aromatic rings. The number of aryl methyl sites for hydroxylation is 1. The molecule has 2 aliphatic rings. The summed E-state index contributed by atoms with van der Waals surface area (Å²) in [5, 5.41) is 13.7. The van der Waals surface area contributed by atoms with Gasteiger partial charge >= 0.3 is 0 Å². The lowest BCUT2D eigenvalue weighted by molar-refractivity contribution is 0.101. The van der Waals surface area contributed by atoms with Gasteiger partial charge in [-0.2, -0.15) is 14.8 Å². The van der Waals surface area contributed by atoms with Gasteiger partial charge in [0.2, 0.25) is 5.82 Å². The van der Waals surface area contributed by atoms with Crippen LogP contribution in [0.3, 0.4) is 0 Å². The summed E-state index contributed by atoms with van der Waals surface area (Å²) in [6.45, 7) is 7.86. The van der Waals surface area contributed by atoms with Crippen molar-refractivity contribution < 1.29 is 4.39 Å². The number of anilines is 1. The van der Waals surface area contributed by atoms with Crippen LogP contribution in [0.25, 0.3) is 11.0 Å². The van der Waals surface area contributed by atoms with Crippen molar-refractivity contribution in [2.75, 3.05) is 18.0 Å². The van der Waals surface area contributed by atoms with Crippen molar-refractivity contribution in [1.29, 1.82) is 5.26 Å². The SMILES string of the molecule is CC[C@H]1CN([C@@H](C)c2ccc(C3CC3)nc2)[C@H](CC)CN1c1c(F)c(=O)n(C)c2cn(CC#N)nc12. The summed E-state index contributed by atoms with van der Waals surface area (Å²) in [6.07, 6.45) is 7.83. The monoisotopic (exact) mass is 491 g/mol. The molecule has 1 saturated carbocycles. The van der Waals surface area contributed by atoms with Crippen LogP contribution in [0.2, 0.25) is 0 Å². The van der Waals surface area contributed by atoms with Crippen LogP contribution in [0, 0.1) is 17.1 Å². The maximum atomic E-state index is 15.6. The molecule has 36 heavy (non-hydrogen) atoms. The van der Waals surface area contributed by atoms with Gasteiger partial charge in [-0.1, -0.05) is 19.9 Å². The molecule has 0 radical (unpaired) electrons. The van der Waals surface area contributed by atoms with Crippen LogP contribution in [0.5, 0.6) is 0 Å². The smallest absolute Gasteiger partial charge is 0.289 e. The van der Waals surface area contributed by atoms with Gasteiger partial charge in [-0.05, 0) is 44.2 Å². The quantitative estimate of drug-likeness (QED) is 0.495. The van der Waals surface area contributed by atoms with E-state index in [0.29, 0.717) is 23.5 Å². The predicted octanol–water partition coefficient (Wildman–Crippen LogP) is 4.11. The summed E-state index contributed by atoms with van der Waals surface area (Å²) in [5.41, 5.74) is 2.94. The number of rotatable bonds is 7. The molecule has 5 rings (SSSR count). The number of pyridine rings is 2. The molecule has 2 fully saturated rings. The molecule has 0 spiro atoms. The fraction of sp³-hybridized carbons (Fsp3) is 0.556. The molecule has 4 heterocycles. The van der Waals surface area contributed by atoms with Gasteiger partial charge in [-0.25, -0.2) is 0 Å². The molecular weight excluding hydrogens is 457 g/mol. The molecule has 8 nitrogen and oxygen atoms in total. The van der Waals surface area contributed by atoms with Crippen molar-refractivity contribution in [3.05, 3.63) is 52.0 Å². The second-order valence-corrected chi connectivity index (χ2v) is 10.2. The van der Waals surface area contributed by atoms with Crippen molar-refractivity contribution >= 4 is 16.7 Å². The van der Waals surface area contributed by atoms with Gasteiger partial charge in [0.15, 0.2) is 0 Å². The van der Waals surface area contributed by atoms with Gasteiger partial charge in [-0.3, -0.25) is 19.4 Å². The van der Waals surface area contributed by atoms with E-state index in [1.165, 1.54) is 33.3 Å². The largest absolute Gasteiger partial charge is 0.361 e. The van der Waals surface area contributed by atoms with Crippen LogP contribution in [0.15, 0.2) is 29.3 Å². The highest BCUT2D eigenvalue weighted by Gasteiger charge is 2.38. The van der Waals surface area contributed by atoms with E-state index in [1.54, 1.807) is 13.2 Å².